The molecule has 0 aromatic carbocycles. The highest BCUT2D eigenvalue weighted by molar-refractivity contribution is 9.10. The lowest BCUT2D eigenvalue weighted by molar-refractivity contribution is 0.262. The zero-order chi connectivity index (χ0) is 13.9. The van der Waals surface area contributed by atoms with Crippen molar-refractivity contribution in [2.75, 3.05) is 11.9 Å². The van der Waals surface area contributed by atoms with Gasteiger partial charge in [0.1, 0.15) is 5.69 Å². The topological polar surface area (TPSA) is 46.9 Å². The molecule has 5 heteroatoms. The smallest absolute Gasteiger partial charge is 0.291 e. The summed E-state index contributed by atoms with van der Waals surface area (Å²) in [5.74, 6) is 1.59. The van der Waals surface area contributed by atoms with Gasteiger partial charge < -0.3 is 5.32 Å². The number of hydrogen-bond donors (Lipinski definition) is 1. The van der Waals surface area contributed by atoms with Gasteiger partial charge in [-0.15, -0.1) is 0 Å². The van der Waals surface area contributed by atoms with Crippen LogP contribution < -0.4 is 10.9 Å². The van der Waals surface area contributed by atoms with E-state index in [1.54, 1.807) is 10.9 Å². The Hall–Kier alpha value is -0.840. The number of nitrogens with one attached hydrogen (secondary N) is 1. The van der Waals surface area contributed by atoms with E-state index in [2.05, 4.69) is 26.3 Å². The molecule has 2 saturated carbocycles. The van der Waals surface area contributed by atoms with Crippen LogP contribution in [0.15, 0.2) is 15.5 Å². The monoisotopic (exact) mass is 339 g/mol. The van der Waals surface area contributed by atoms with E-state index >= 15 is 0 Å². The lowest BCUT2D eigenvalue weighted by atomic mass is 9.85. The van der Waals surface area contributed by atoms with Crippen molar-refractivity contribution >= 4 is 21.6 Å². The van der Waals surface area contributed by atoms with E-state index in [-0.39, 0.29) is 5.56 Å². The summed E-state index contributed by atoms with van der Waals surface area (Å²) < 4.78 is 2.40. The van der Waals surface area contributed by atoms with Crippen LogP contribution in [0.3, 0.4) is 0 Å². The van der Waals surface area contributed by atoms with Crippen LogP contribution in [0.4, 0.5) is 5.69 Å². The quantitative estimate of drug-likeness (QED) is 0.774. The largest absolute Gasteiger partial charge is 0.380 e. The molecule has 0 aliphatic heterocycles. The van der Waals surface area contributed by atoms with Gasteiger partial charge in [0.05, 0.1) is 10.7 Å². The zero-order valence-corrected chi connectivity index (χ0v) is 13.4. The summed E-state index contributed by atoms with van der Waals surface area (Å²) in [7, 11) is 0. The molecule has 0 radical (unpaired) electrons. The lowest BCUT2D eigenvalue weighted by Gasteiger charge is -2.25. The Morgan fingerprint density at radius 1 is 1.30 bits per heavy atom. The molecule has 4 nitrogen and oxygen atoms in total. The van der Waals surface area contributed by atoms with Crippen molar-refractivity contribution in [3.05, 3.63) is 21.0 Å². The van der Waals surface area contributed by atoms with Crippen molar-refractivity contribution in [1.29, 1.82) is 0 Å². The zero-order valence-electron chi connectivity index (χ0n) is 11.8. The molecule has 0 amide bonds. The summed E-state index contributed by atoms with van der Waals surface area (Å²) in [6, 6.07) is 0. The third-order valence-corrected chi connectivity index (χ3v) is 5.04. The number of hydrogen-bond acceptors (Lipinski definition) is 3. The van der Waals surface area contributed by atoms with Gasteiger partial charge in [-0.2, -0.15) is 5.10 Å². The highest BCUT2D eigenvalue weighted by Gasteiger charge is 2.21. The predicted octanol–water partition coefficient (Wildman–Crippen LogP) is 3.41. The van der Waals surface area contributed by atoms with Crippen LogP contribution >= 0.6 is 15.9 Å². The molecule has 1 aromatic rings. The van der Waals surface area contributed by atoms with Crippen LogP contribution in [0.5, 0.6) is 0 Å². The van der Waals surface area contributed by atoms with Crippen molar-refractivity contribution in [3.63, 3.8) is 0 Å². The first-order valence-electron chi connectivity index (χ1n) is 7.73. The fourth-order valence-corrected chi connectivity index (χ4v) is 3.09. The molecule has 0 atom stereocenters. The molecule has 1 N–H and O–H groups in total. The predicted molar refractivity (Wildman–Crippen MR) is 84.0 cm³/mol. The first-order chi connectivity index (χ1) is 9.74. The van der Waals surface area contributed by atoms with Crippen molar-refractivity contribution in [3.8, 4) is 0 Å². The Bertz CT molecular complexity index is 520. The Morgan fingerprint density at radius 3 is 2.75 bits per heavy atom. The molecule has 110 valence electrons. The summed E-state index contributed by atoms with van der Waals surface area (Å²) in [6.07, 6.45) is 10.7. The number of nitrogens with zero attached hydrogens (tertiary/aromatic N) is 2. The van der Waals surface area contributed by atoms with Gasteiger partial charge in [-0.1, -0.05) is 19.3 Å². The van der Waals surface area contributed by atoms with E-state index in [1.165, 1.54) is 38.5 Å². The first-order valence-corrected chi connectivity index (χ1v) is 8.53. The van der Waals surface area contributed by atoms with Crippen LogP contribution in [-0.2, 0) is 6.54 Å². The van der Waals surface area contributed by atoms with E-state index in [9.17, 15) is 4.79 Å². The molecule has 1 heterocycles. The van der Waals surface area contributed by atoms with Crippen LogP contribution in [0.2, 0.25) is 0 Å². The van der Waals surface area contributed by atoms with Gasteiger partial charge in [-0.3, -0.25) is 4.79 Å². The summed E-state index contributed by atoms with van der Waals surface area (Å²) >= 11 is 3.43. The molecule has 0 unspecified atom stereocenters. The average Bonchev–Trinajstić information content (AvgIpc) is 3.19. The van der Waals surface area contributed by atoms with Crippen LogP contribution in [0.25, 0.3) is 0 Å². The Balaban J connectivity index is 1.61. The Kier molecular flexibility index (Phi) is 4.44. The maximum absolute atomic E-state index is 12.4. The summed E-state index contributed by atoms with van der Waals surface area (Å²) in [5, 5.41) is 7.54. The van der Waals surface area contributed by atoms with Crippen molar-refractivity contribution < 1.29 is 0 Å². The second-order valence-corrected chi connectivity index (χ2v) is 7.02. The maximum Gasteiger partial charge on any atom is 0.291 e. The third-order valence-electron chi connectivity index (χ3n) is 4.44. The number of rotatable bonds is 7. The van der Waals surface area contributed by atoms with Gasteiger partial charge in [-0.25, -0.2) is 4.68 Å². The SMILES string of the molecule is O=c1c(NCCCC2CC2)c(Br)cnn1CC1CCC1. The lowest BCUT2D eigenvalue weighted by Crippen LogP contribution is -2.31. The van der Waals surface area contributed by atoms with Crippen molar-refractivity contribution in [2.45, 2.75) is 51.5 Å². The summed E-state index contributed by atoms with van der Waals surface area (Å²) in [6.45, 7) is 1.64. The second kappa shape index (κ2) is 6.29. The summed E-state index contributed by atoms with van der Waals surface area (Å²) in [4.78, 5) is 12.4. The standard InChI is InChI=1S/C15H22BrN3O/c16-13-9-18-19(10-12-3-1-4-12)15(20)14(13)17-8-2-5-11-6-7-11/h9,11-12,17H,1-8,10H2. The van der Waals surface area contributed by atoms with Gasteiger partial charge in [0.15, 0.2) is 0 Å². The van der Waals surface area contributed by atoms with Gasteiger partial charge >= 0.3 is 0 Å². The molecule has 0 bridgehead atoms. The van der Waals surface area contributed by atoms with Gasteiger partial charge in [0, 0.05) is 13.1 Å². The van der Waals surface area contributed by atoms with Crippen LogP contribution in [0, 0.1) is 11.8 Å². The molecule has 2 aliphatic rings. The minimum atomic E-state index is 0.0118. The molecule has 0 saturated heterocycles. The van der Waals surface area contributed by atoms with E-state index in [1.807, 2.05) is 0 Å². The van der Waals surface area contributed by atoms with E-state index in [4.69, 9.17) is 0 Å². The summed E-state index contributed by atoms with van der Waals surface area (Å²) in [5.41, 5.74) is 0.688. The fraction of sp³-hybridized carbons (Fsp3) is 0.733. The fourth-order valence-electron chi connectivity index (χ4n) is 2.69. The van der Waals surface area contributed by atoms with E-state index in [0.29, 0.717) is 11.6 Å². The molecule has 2 aliphatic carbocycles. The normalized spacial score (nSPS) is 18.9. The molecule has 3 rings (SSSR count). The molecular formula is C15H22BrN3O. The molecule has 1 aromatic heterocycles. The Labute approximate surface area is 128 Å². The Morgan fingerprint density at radius 2 is 2.10 bits per heavy atom. The van der Waals surface area contributed by atoms with E-state index < -0.39 is 0 Å². The van der Waals surface area contributed by atoms with E-state index in [0.717, 1.165) is 29.9 Å². The highest BCUT2D eigenvalue weighted by Crippen LogP contribution is 2.33. The first kappa shape index (κ1) is 14.1. The minimum absolute atomic E-state index is 0.0118. The van der Waals surface area contributed by atoms with Crippen molar-refractivity contribution in [1.82, 2.24) is 9.78 Å². The van der Waals surface area contributed by atoms with Gasteiger partial charge in [-0.05, 0) is 53.4 Å². The van der Waals surface area contributed by atoms with Crippen LogP contribution in [0.1, 0.15) is 44.9 Å². The molecule has 20 heavy (non-hydrogen) atoms. The highest BCUT2D eigenvalue weighted by atomic mass is 79.9. The minimum Gasteiger partial charge on any atom is -0.380 e. The molecule has 0 spiro atoms. The average molecular weight is 340 g/mol. The number of halogens is 1. The number of aromatic nitrogens is 2. The molecular weight excluding hydrogens is 318 g/mol. The second-order valence-electron chi connectivity index (χ2n) is 6.16. The molecule has 2 fully saturated rings. The van der Waals surface area contributed by atoms with Crippen LogP contribution in [-0.4, -0.2) is 16.3 Å². The van der Waals surface area contributed by atoms with Gasteiger partial charge in [0.2, 0.25) is 0 Å². The van der Waals surface area contributed by atoms with Gasteiger partial charge in [0.25, 0.3) is 5.56 Å². The third kappa shape index (κ3) is 3.43. The van der Waals surface area contributed by atoms with Crippen molar-refractivity contribution in [2.24, 2.45) is 11.8 Å². The number of anilines is 1. The maximum atomic E-state index is 12.4.